The molecule has 0 radical (unpaired) electrons. The lowest BCUT2D eigenvalue weighted by Gasteiger charge is -2.15. The minimum atomic E-state index is 0.00466. The summed E-state index contributed by atoms with van der Waals surface area (Å²) in [5, 5.41) is 8.39. The number of carbonyl (C=O) groups is 1. The van der Waals surface area contributed by atoms with Crippen molar-refractivity contribution in [3.8, 4) is 6.07 Å². The Hall–Kier alpha value is -1.12. The van der Waals surface area contributed by atoms with Gasteiger partial charge in [-0.2, -0.15) is 5.26 Å². The molecule has 5 nitrogen and oxygen atoms in total. The molecule has 1 amide bonds. The summed E-state index contributed by atoms with van der Waals surface area (Å²) in [6.45, 7) is 5.87. The number of amides is 1. The Balaban J connectivity index is 3.42. The first kappa shape index (κ1) is 15.9. The van der Waals surface area contributed by atoms with Crippen molar-refractivity contribution >= 4 is 5.91 Å². The molecule has 0 aliphatic heterocycles. The lowest BCUT2D eigenvalue weighted by Crippen LogP contribution is -2.28. The summed E-state index contributed by atoms with van der Waals surface area (Å²) in [7, 11) is 1.70. The Morgan fingerprint density at radius 1 is 1.35 bits per heavy atom. The van der Waals surface area contributed by atoms with Crippen molar-refractivity contribution < 1.29 is 14.3 Å². The first-order valence-electron chi connectivity index (χ1n) is 5.88. The molecule has 0 atom stereocenters. The smallest absolute Gasteiger partial charge is 0.224 e. The van der Waals surface area contributed by atoms with Gasteiger partial charge in [-0.15, -0.1) is 0 Å². The van der Waals surface area contributed by atoms with Crippen LogP contribution in [0.15, 0.2) is 0 Å². The fourth-order valence-corrected chi connectivity index (χ4v) is 1.14. The van der Waals surface area contributed by atoms with Crippen LogP contribution in [0.1, 0.15) is 26.7 Å². The van der Waals surface area contributed by atoms with Crippen molar-refractivity contribution in [1.82, 2.24) is 4.90 Å². The van der Waals surface area contributed by atoms with Gasteiger partial charge in [0.15, 0.2) is 0 Å². The highest BCUT2D eigenvalue weighted by atomic mass is 16.5. The van der Waals surface area contributed by atoms with Crippen molar-refractivity contribution in [3.05, 3.63) is 0 Å². The van der Waals surface area contributed by atoms with Crippen molar-refractivity contribution in [3.63, 3.8) is 0 Å². The second-order valence-corrected chi connectivity index (χ2v) is 4.01. The molecule has 17 heavy (non-hydrogen) atoms. The van der Waals surface area contributed by atoms with E-state index in [1.54, 1.807) is 11.9 Å². The fourth-order valence-electron chi connectivity index (χ4n) is 1.14. The normalized spacial score (nSPS) is 10.3. The summed E-state index contributed by atoms with van der Waals surface area (Å²) >= 11 is 0. The van der Waals surface area contributed by atoms with Crippen LogP contribution in [0, 0.1) is 11.3 Å². The van der Waals surface area contributed by atoms with Crippen molar-refractivity contribution in [1.29, 1.82) is 5.26 Å². The van der Waals surface area contributed by atoms with E-state index in [0.717, 1.165) is 0 Å². The standard InChI is InChI=1S/C12H22N2O3/c1-11(2)17-10-9-16-8-5-12(15)14(3)7-4-6-13/h11H,4-5,7-10H2,1-3H3. The number of hydrogen-bond donors (Lipinski definition) is 0. The number of hydrogen-bond acceptors (Lipinski definition) is 4. The van der Waals surface area contributed by atoms with Gasteiger partial charge in [0.1, 0.15) is 0 Å². The van der Waals surface area contributed by atoms with Gasteiger partial charge in [-0.25, -0.2) is 0 Å². The van der Waals surface area contributed by atoms with Crippen LogP contribution >= 0.6 is 0 Å². The molecule has 0 saturated carbocycles. The summed E-state index contributed by atoms with van der Waals surface area (Å²) in [6, 6.07) is 2.01. The summed E-state index contributed by atoms with van der Waals surface area (Å²) in [5.74, 6) is 0.00466. The zero-order valence-electron chi connectivity index (χ0n) is 10.9. The maximum Gasteiger partial charge on any atom is 0.224 e. The predicted octanol–water partition coefficient (Wildman–Crippen LogP) is 1.19. The molecule has 0 aliphatic carbocycles. The van der Waals surface area contributed by atoms with Crippen molar-refractivity contribution in [2.75, 3.05) is 33.4 Å². The molecule has 0 rings (SSSR count). The second-order valence-electron chi connectivity index (χ2n) is 4.01. The van der Waals surface area contributed by atoms with Crippen LogP contribution in [0.2, 0.25) is 0 Å². The quantitative estimate of drug-likeness (QED) is 0.570. The zero-order chi connectivity index (χ0) is 13.1. The van der Waals surface area contributed by atoms with Crippen LogP contribution in [0.5, 0.6) is 0 Å². The first-order chi connectivity index (χ1) is 8.07. The summed E-state index contributed by atoms with van der Waals surface area (Å²) < 4.78 is 10.6. The molecule has 0 aliphatic rings. The van der Waals surface area contributed by atoms with Crippen LogP contribution in [-0.4, -0.2) is 50.3 Å². The largest absolute Gasteiger partial charge is 0.379 e. The Morgan fingerprint density at radius 3 is 2.65 bits per heavy atom. The molecule has 0 aromatic carbocycles. The molecule has 0 aromatic rings. The maximum absolute atomic E-state index is 11.5. The predicted molar refractivity (Wildman–Crippen MR) is 64.4 cm³/mol. The first-order valence-corrected chi connectivity index (χ1v) is 5.88. The molecule has 0 heterocycles. The molecule has 0 spiro atoms. The third kappa shape index (κ3) is 9.79. The molecular weight excluding hydrogens is 220 g/mol. The van der Waals surface area contributed by atoms with E-state index in [2.05, 4.69) is 0 Å². The molecule has 5 heteroatoms. The Morgan fingerprint density at radius 2 is 2.06 bits per heavy atom. The van der Waals surface area contributed by atoms with Gasteiger partial charge in [0.2, 0.25) is 5.91 Å². The van der Waals surface area contributed by atoms with E-state index in [0.29, 0.717) is 39.2 Å². The number of carbonyl (C=O) groups excluding carboxylic acids is 1. The Kier molecular flexibility index (Phi) is 9.40. The van der Waals surface area contributed by atoms with Gasteiger partial charge in [-0.3, -0.25) is 4.79 Å². The van der Waals surface area contributed by atoms with Crippen molar-refractivity contribution in [2.24, 2.45) is 0 Å². The fraction of sp³-hybridized carbons (Fsp3) is 0.833. The van der Waals surface area contributed by atoms with E-state index in [1.807, 2.05) is 19.9 Å². The van der Waals surface area contributed by atoms with Crippen LogP contribution in [0.3, 0.4) is 0 Å². The van der Waals surface area contributed by atoms with Crippen molar-refractivity contribution in [2.45, 2.75) is 32.8 Å². The number of ether oxygens (including phenoxy) is 2. The number of rotatable bonds is 9. The van der Waals surface area contributed by atoms with Gasteiger partial charge in [-0.1, -0.05) is 0 Å². The molecule has 0 unspecified atom stereocenters. The van der Waals surface area contributed by atoms with Crippen LogP contribution < -0.4 is 0 Å². The van der Waals surface area contributed by atoms with Gasteiger partial charge < -0.3 is 14.4 Å². The Bertz CT molecular complexity index is 249. The molecule has 0 fully saturated rings. The van der Waals surface area contributed by atoms with E-state index in [-0.39, 0.29) is 12.0 Å². The molecule has 0 saturated heterocycles. The van der Waals surface area contributed by atoms with Gasteiger partial charge >= 0.3 is 0 Å². The number of nitriles is 1. The second kappa shape index (κ2) is 10.1. The van der Waals surface area contributed by atoms with Crippen LogP contribution in [0.25, 0.3) is 0 Å². The monoisotopic (exact) mass is 242 g/mol. The zero-order valence-corrected chi connectivity index (χ0v) is 10.9. The lowest BCUT2D eigenvalue weighted by atomic mass is 10.3. The summed E-state index contributed by atoms with van der Waals surface area (Å²) in [4.78, 5) is 13.0. The van der Waals surface area contributed by atoms with E-state index >= 15 is 0 Å². The third-order valence-corrected chi connectivity index (χ3v) is 2.12. The molecule has 0 aromatic heterocycles. The van der Waals surface area contributed by atoms with Gasteiger partial charge in [0, 0.05) is 13.6 Å². The van der Waals surface area contributed by atoms with Gasteiger partial charge in [0.25, 0.3) is 0 Å². The van der Waals surface area contributed by atoms with E-state index < -0.39 is 0 Å². The average molecular weight is 242 g/mol. The lowest BCUT2D eigenvalue weighted by molar-refractivity contribution is -0.131. The maximum atomic E-state index is 11.5. The minimum Gasteiger partial charge on any atom is -0.379 e. The SMILES string of the molecule is CC(C)OCCOCCC(=O)N(C)CCC#N. The topological polar surface area (TPSA) is 62.6 Å². The summed E-state index contributed by atoms with van der Waals surface area (Å²) in [5.41, 5.74) is 0. The van der Waals surface area contributed by atoms with E-state index in [1.165, 1.54) is 0 Å². The highest BCUT2D eigenvalue weighted by Crippen LogP contribution is 1.94. The molecule has 98 valence electrons. The highest BCUT2D eigenvalue weighted by Gasteiger charge is 2.07. The highest BCUT2D eigenvalue weighted by molar-refractivity contribution is 5.75. The molecule has 0 bridgehead atoms. The minimum absolute atomic E-state index is 0.00466. The molecular formula is C12H22N2O3. The van der Waals surface area contributed by atoms with Gasteiger partial charge in [0.05, 0.1) is 44.8 Å². The molecule has 0 N–H and O–H groups in total. The summed E-state index contributed by atoms with van der Waals surface area (Å²) in [6.07, 6.45) is 0.923. The van der Waals surface area contributed by atoms with Crippen LogP contribution in [0.4, 0.5) is 0 Å². The average Bonchev–Trinajstić information content (AvgIpc) is 2.29. The van der Waals surface area contributed by atoms with Crippen LogP contribution in [-0.2, 0) is 14.3 Å². The van der Waals surface area contributed by atoms with Gasteiger partial charge in [-0.05, 0) is 13.8 Å². The third-order valence-electron chi connectivity index (χ3n) is 2.12. The van der Waals surface area contributed by atoms with E-state index in [9.17, 15) is 4.79 Å². The Labute approximate surface area is 103 Å². The van der Waals surface area contributed by atoms with E-state index in [4.69, 9.17) is 14.7 Å². The number of nitrogens with zero attached hydrogens (tertiary/aromatic N) is 2.